The molecule has 0 bridgehead atoms. The molecule has 4 rings (SSSR count). The number of Topliss-reactive ketones (excluding diaryl/α,β-unsaturated/α-hetero) is 1. The van der Waals surface area contributed by atoms with Crippen LogP contribution in [0.2, 0.25) is 5.02 Å². The highest BCUT2D eigenvalue weighted by atomic mass is 35.5. The third-order valence-corrected chi connectivity index (χ3v) is 5.48. The average Bonchev–Trinajstić information content (AvgIpc) is 3.04. The molecule has 32 heavy (non-hydrogen) atoms. The third kappa shape index (κ3) is 3.61. The number of anilines is 1. The molecule has 1 aromatic heterocycles. The number of hydrogen-bond donors (Lipinski definition) is 1. The first-order chi connectivity index (χ1) is 15.3. The molecule has 8 heteroatoms. The number of carbonyl (C=O) groups excluding carboxylic acids is 2. The van der Waals surface area contributed by atoms with Gasteiger partial charge in [-0.25, -0.2) is 4.39 Å². The van der Waals surface area contributed by atoms with Gasteiger partial charge < -0.3 is 9.84 Å². The molecule has 3 aromatic rings. The second-order valence-corrected chi connectivity index (χ2v) is 7.64. The zero-order valence-corrected chi connectivity index (χ0v) is 17.9. The lowest BCUT2D eigenvalue weighted by molar-refractivity contribution is -0.132. The van der Waals surface area contributed by atoms with E-state index < -0.39 is 29.3 Å². The molecule has 0 radical (unpaired) electrons. The first kappa shape index (κ1) is 21.5. The molecule has 0 saturated carbocycles. The fourth-order valence-corrected chi connectivity index (χ4v) is 4.02. The van der Waals surface area contributed by atoms with Gasteiger partial charge in [0.25, 0.3) is 11.7 Å². The molecular weight excluding hydrogens is 435 g/mol. The molecular formula is C24H18ClFN2O4. The SMILES string of the molecule is COc1ccc(F)cc1/C(O)=C1\C(=O)C(=O)N(c2ccc(Cl)cc2C)C1c1ccccn1. The van der Waals surface area contributed by atoms with Crippen LogP contribution in [-0.2, 0) is 9.59 Å². The van der Waals surface area contributed by atoms with E-state index in [0.717, 1.165) is 6.07 Å². The molecule has 6 nitrogen and oxygen atoms in total. The van der Waals surface area contributed by atoms with Crippen molar-refractivity contribution >= 4 is 34.7 Å². The van der Waals surface area contributed by atoms with Gasteiger partial charge in [0.1, 0.15) is 23.4 Å². The lowest BCUT2D eigenvalue weighted by Gasteiger charge is -2.26. The zero-order chi connectivity index (χ0) is 23.0. The fraction of sp³-hybridized carbons (Fsp3) is 0.125. The van der Waals surface area contributed by atoms with E-state index in [2.05, 4.69) is 4.98 Å². The second-order valence-electron chi connectivity index (χ2n) is 7.20. The van der Waals surface area contributed by atoms with Gasteiger partial charge in [-0.05, 0) is 61.0 Å². The lowest BCUT2D eigenvalue weighted by atomic mass is 9.97. The lowest BCUT2D eigenvalue weighted by Crippen LogP contribution is -2.30. The average molecular weight is 453 g/mol. The summed E-state index contributed by atoms with van der Waals surface area (Å²) in [4.78, 5) is 31.9. The summed E-state index contributed by atoms with van der Waals surface area (Å²) in [6.07, 6.45) is 1.52. The summed E-state index contributed by atoms with van der Waals surface area (Å²) in [7, 11) is 1.36. The number of ether oxygens (including phenoxy) is 1. The van der Waals surface area contributed by atoms with Crippen molar-refractivity contribution < 1.29 is 23.8 Å². The van der Waals surface area contributed by atoms with Crippen LogP contribution in [0.4, 0.5) is 10.1 Å². The summed E-state index contributed by atoms with van der Waals surface area (Å²) in [5, 5.41) is 11.6. The molecule has 0 aliphatic carbocycles. The third-order valence-electron chi connectivity index (χ3n) is 5.25. The minimum absolute atomic E-state index is 0.0424. The number of hydrogen-bond acceptors (Lipinski definition) is 5. The molecule has 2 aromatic carbocycles. The highest BCUT2D eigenvalue weighted by Crippen LogP contribution is 2.43. The van der Waals surface area contributed by atoms with Crippen LogP contribution in [0.25, 0.3) is 5.76 Å². The van der Waals surface area contributed by atoms with E-state index in [1.807, 2.05) is 0 Å². The number of aliphatic hydroxyl groups is 1. The Labute approximate surface area is 188 Å². The number of halogens is 2. The van der Waals surface area contributed by atoms with E-state index in [1.165, 1.54) is 30.3 Å². The van der Waals surface area contributed by atoms with Gasteiger partial charge in [-0.2, -0.15) is 0 Å². The van der Waals surface area contributed by atoms with Crippen LogP contribution in [-0.4, -0.2) is 28.9 Å². The van der Waals surface area contributed by atoms with Crippen LogP contribution in [0.3, 0.4) is 0 Å². The van der Waals surface area contributed by atoms with E-state index in [4.69, 9.17) is 16.3 Å². The molecule has 1 unspecified atom stereocenters. The van der Waals surface area contributed by atoms with Crippen molar-refractivity contribution in [1.82, 2.24) is 4.98 Å². The summed E-state index contributed by atoms with van der Waals surface area (Å²) < 4.78 is 19.2. The molecule has 1 atom stereocenters. The van der Waals surface area contributed by atoms with Crippen molar-refractivity contribution in [3.05, 3.63) is 94.0 Å². The number of aliphatic hydroxyl groups excluding tert-OH is 1. The smallest absolute Gasteiger partial charge is 0.300 e. The minimum Gasteiger partial charge on any atom is -0.507 e. The second kappa shape index (κ2) is 8.43. The van der Waals surface area contributed by atoms with Crippen molar-refractivity contribution in [2.75, 3.05) is 12.0 Å². The molecule has 1 amide bonds. The number of nitrogens with zero attached hydrogens (tertiary/aromatic N) is 2. The molecule has 1 saturated heterocycles. The summed E-state index contributed by atoms with van der Waals surface area (Å²) in [5.41, 5.74) is 1.20. The first-order valence-electron chi connectivity index (χ1n) is 9.65. The molecule has 162 valence electrons. The van der Waals surface area contributed by atoms with Gasteiger partial charge in [-0.15, -0.1) is 0 Å². The van der Waals surface area contributed by atoms with Crippen molar-refractivity contribution in [3.8, 4) is 5.75 Å². The number of benzene rings is 2. The largest absolute Gasteiger partial charge is 0.507 e. The van der Waals surface area contributed by atoms with Crippen LogP contribution in [0, 0.1) is 12.7 Å². The number of aryl methyl sites for hydroxylation is 1. The number of amides is 1. The monoisotopic (exact) mass is 452 g/mol. The normalized spacial score (nSPS) is 17.6. The molecule has 1 aliphatic rings. The van der Waals surface area contributed by atoms with Gasteiger partial charge in [0.2, 0.25) is 0 Å². The minimum atomic E-state index is -1.04. The van der Waals surface area contributed by atoms with Crippen LogP contribution >= 0.6 is 11.6 Å². The molecule has 2 heterocycles. The maximum Gasteiger partial charge on any atom is 0.300 e. The highest BCUT2D eigenvalue weighted by molar-refractivity contribution is 6.51. The van der Waals surface area contributed by atoms with Crippen molar-refractivity contribution in [2.24, 2.45) is 0 Å². The Morgan fingerprint density at radius 2 is 1.94 bits per heavy atom. The maximum absolute atomic E-state index is 14.0. The van der Waals surface area contributed by atoms with Crippen LogP contribution in [0.15, 0.2) is 66.4 Å². The fourth-order valence-electron chi connectivity index (χ4n) is 3.80. The number of aromatic nitrogens is 1. The van der Waals surface area contributed by atoms with E-state index in [0.29, 0.717) is 22.0 Å². The van der Waals surface area contributed by atoms with Gasteiger partial charge >= 0.3 is 0 Å². The number of carbonyl (C=O) groups is 2. The van der Waals surface area contributed by atoms with Gasteiger partial charge in [0, 0.05) is 16.9 Å². The zero-order valence-electron chi connectivity index (χ0n) is 17.2. The Bertz CT molecular complexity index is 1260. The van der Waals surface area contributed by atoms with Crippen LogP contribution in [0.5, 0.6) is 5.75 Å². The van der Waals surface area contributed by atoms with Gasteiger partial charge in [0.15, 0.2) is 0 Å². The molecule has 0 spiro atoms. The first-order valence-corrected chi connectivity index (χ1v) is 10.0. The summed E-state index contributed by atoms with van der Waals surface area (Å²) in [6.45, 7) is 1.76. The van der Waals surface area contributed by atoms with Gasteiger partial charge in [-0.3, -0.25) is 19.5 Å². The van der Waals surface area contributed by atoms with Gasteiger partial charge in [0.05, 0.1) is 23.9 Å². The van der Waals surface area contributed by atoms with Crippen LogP contribution < -0.4 is 9.64 Å². The molecule has 1 aliphatic heterocycles. The number of methoxy groups -OCH3 is 1. The highest BCUT2D eigenvalue weighted by Gasteiger charge is 2.48. The Morgan fingerprint density at radius 3 is 2.59 bits per heavy atom. The van der Waals surface area contributed by atoms with E-state index in [1.54, 1.807) is 43.3 Å². The van der Waals surface area contributed by atoms with Gasteiger partial charge in [-0.1, -0.05) is 17.7 Å². The Morgan fingerprint density at radius 1 is 1.16 bits per heavy atom. The van der Waals surface area contributed by atoms with Crippen molar-refractivity contribution in [3.63, 3.8) is 0 Å². The summed E-state index contributed by atoms with van der Waals surface area (Å²) in [6, 6.07) is 12.5. The predicted molar refractivity (Wildman–Crippen MR) is 118 cm³/mol. The number of ketones is 1. The Hall–Kier alpha value is -3.71. The van der Waals surface area contributed by atoms with E-state index >= 15 is 0 Å². The predicted octanol–water partition coefficient (Wildman–Crippen LogP) is 4.82. The summed E-state index contributed by atoms with van der Waals surface area (Å²) >= 11 is 6.07. The molecule has 1 N–H and O–H groups in total. The van der Waals surface area contributed by atoms with Crippen molar-refractivity contribution in [1.29, 1.82) is 0 Å². The topological polar surface area (TPSA) is 79.7 Å². The van der Waals surface area contributed by atoms with E-state index in [-0.39, 0.29) is 16.9 Å². The molecule has 1 fully saturated rings. The van der Waals surface area contributed by atoms with Crippen LogP contribution in [0.1, 0.15) is 22.9 Å². The quantitative estimate of drug-likeness (QED) is 0.349. The van der Waals surface area contributed by atoms with Crippen molar-refractivity contribution in [2.45, 2.75) is 13.0 Å². The number of pyridine rings is 1. The maximum atomic E-state index is 14.0. The summed E-state index contributed by atoms with van der Waals surface area (Å²) in [5.74, 6) is -2.80. The Balaban J connectivity index is 2.00. The standard InChI is InChI=1S/C24H18ClFN2O4/c1-13-11-14(25)6-8-18(13)28-21(17-5-3-4-10-27-17)20(23(30)24(28)31)22(29)16-12-15(26)7-9-19(16)32-2/h3-12,21,29H,1-2H3/b22-20+. The van der Waals surface area contributed by atoms with E-state index in [9.17, 15) is 19.1 Å². The Kier molecular flexibility index (Phi) is 5.67. The number of rotatable bonds is 4.